The van der Waals surface area contributed by atoms with Crippen LogP contribution in [0.25, 0.3) is 11.1 Å². The van der Waals surface area contributed by atoms with Crippen LogP contribution in [0.5, 0.6) is 0 Å². The molecule has 1 amide bonds. The van der Waals surface area contributed by atoms with Crippen molar-refractivity contribution in [3.8, 4) is 11.1 Å². The first-order valence-corrected chi connectivity index (χ1v) is 6.11. The first-order valence-electron chi connectivity index (χ1n) is 6.11. The van der Waals surface area contributed by atoms with E-state index in [-0.39, 0.29) is 11.5 Å². The van der Waals surface area contributed by atoms with E-state index in [1.165, 1.54) is 6.20 Å². The summed E-state index contributed by atoms with van der Waals surface area (Å²) in [7, 11) is 0. The molecule has 0 spiro atoms. The van der Waals surface area contributed by atoms with Gasteiger partial charge in [-0.2, -0.15) is 8.78 Å². The molecular weight excluding hydrogens is 264 g/mol. The lowest BCUT2D eigenvalue weighted by Gasteiger charge is -2.10. The number of anilines is 1. The average molecular weight is 275 g/mol. The molecule has 1 aliphatic heterocycles. The third-order valence-corrected chi connectivity index (χ3v) is 3.39. The Balaban J connectivity index is 2.39. The lowest BCUT2D eigenvalue weighted by atomic mass is 9.94. The number of amides is 1. The van der Waals surface area contributed by atoms with Crippen LogP contribution in [-0.4, -0.2) is 15.9 Å². The number of nitrogens with zero attached hydrogens (tertiary/aromatic N) is 2. The van der Waals surface area contributed by atoms with Gasteiger partial charge < -0.3 is 5.32 Å². The van der Waals surface area contributed by atoms with Crippen molar-refractivity contribution in [2.75, 3.05) is 5.32 Å². The van der Waals surface area contributed by atoms with E-state index < -0.39 is 17.8 Å². The van der Waals surface area contributed by atoms with Gasteiger partial charge in [0.05, 0.1) is 17.2 Å². The second-order valence-corrected chi connectivity index (χ2v) is 4.78. The highest BCUT2D eigenvalue weighted by Gasteiger charge is 2.28. The van der Waals surface area contributed by atoms with Gasteiger partial charge in [0.15, 0.2) is 0 Å². The fourth-order valence-electron chi connectivity index (χ4n) is 2.37. The highest BCUT2D eigenvalue weighted by atomic mass is 19.1. The lowest BCUT2D eigenvalue weighted by molar-refractivity contribution is -0.117. The molecule has 6 heteroatoms. The van der Waals surface area contributed by atoms with Crippen molar-refractivity contribution in [3.63, 3.8) is 0 Å². The van der Waals surface area contributed by atoms with Gasteiger partial charge in [0.25, 0.3) is 0 Å². The van der Waals surface area contributed by atoms with Crippen LogP contribution >= 0.6 is 0 Å². The quantitative estimate of drug-likeness (QED) is 0.752. The van der Waals surface area contributed by atoms with Gasteiger partial charge in [-0.25, -0.2) is 9.97 Å². The molecule has 0 saturated carbocycles. The van der Waals surface area contributed by atoms with Crippen molar-refractivity contribution in [3.05, 3.63) is 41.5 Å². The van der Waals surface area contributed by atoms with Gasteiger partial charge in [0.2, 0.25) is 17.8 Å². The zero-order chi connectivity index (χ0) is 14.4. The van der Waals surface area contributed by atoms with Gasteiger partial charge in [0.1, 0.15) is 0 Å². The molecule has 102 valence electrons. The van der Waals surface area contributed by atoms with E-state index in [9.17, 15) is 13.6 Å². The minimum Gasteiger partial charge on any atom is -0.325 e. The number of aryl methyl sites for hydroxylation is 1. The zero-order valence-electron chi connectivity index (χ0n) is 10.9. The molecule has 1 unspecified atom stereocenters. The molecule has 2 aromatic heterocycles. The second kappa shape index (κ2) is 4.33. The number of fused-ring (bicyclic) bond motifs is 3. The molecule has 0 aromatic carbocycles. The van der Waals surface area contributed by atoms with Crippen LogP contribution < -0.4 is 5.32 Å². The highest BCUT2D eigenvalue weighted by molar-refractivity contribution is 6.03. The van der Waals surface area contributed by atoms with E-state index in [1.54, 1.807) is 19.9 Å². The monoisotopic (exact) mass is 275 g/mol. The molecule has 4 nitrogen and oxygen atoms in total. The van der Waals surface area contributed by atoms with Crippen LogP contribution in [0, 0.1) is 18.8 Å². The summed E-state index contributed by atoms with van der Waals surface area (Å²) in [6.45, 7) is 3.29. The molecule has 1 atom stereocenters. The average Bonchev–Trinajstić information content (AvgIpc) is 2.46. The molecule has 0 aliphatic carbocycles. The van der Waals surface area contributed by atoms with Crippen LogP contribution in [0.2, 0.25) is 0 Å². The van der Waals surface area contributed by atoms with Crippen molar-refractivity contribution >= 4 is 11.6 Å². The van der Waals surface area contributed by atoms with E-state index in [4.69, 9.17) is 0 Å². The third-order valence-electron chi connectivity index (χ3n) is 3.39. The number of carbonyl (C=O) groups excluding carboxylic acids is 1. The minimum atomic E-state index is -0.735. The number of halogens is 2. The Bertz CT molecular complexity index is 731. The molecule has 0 bridgehead atoms. The first-order chi connectivity index (χ1) is 9.47. The first kappa shape index (κ1) is 12.7. The number of carbonyl (C=O) groups is 1. The molecule has 0 fully saturated rings. The van der Waals surface area contributed by atoms with Gasteiger partial charge >= 0.3 is 0 Å². The molecule has 0 radical (unpaired) electrons. The maximum absolute atomic E-state index is 14.2. The SMILES string of the molecule is Cc1cc2c(c(F)n1)-c1cc(F)ncc1C(C)C(=O)N2. The van der Waals surface area contributed by atoms with Crippen LogP contribution in [0.3, 0.4) is 0 Å². The number of hydrogen-bond donors (Lipinski definition) is 1. The number of aromatic nitrogens is 2. The summed E-state index contributed by atoms with van der Waals surface area (Å²) in [6.07, 6.45) is 1.27. The Kier molecular flexibility index (Phi) is 2.74. The van der Waals surface area contributed by atoms with Crippen LogP contribution in [0.1, 0.15) is 24.1 Å². The smallest absolute Gasteiger partial charge is 0.231 e. The minimum absolute atomic E-state index is 0.101. The highest BCUT2D eigenvalue weighted by Crippen LogP contribution is 2.39. The Labute approximate surface area is 113 Å². The van der Waals surface area contributed by atoms with E-state index in [2.05, 4.69) is 15.3 Å². The Morgan fingerprint density at radius 1 is 1.30 bits per heavy atom. The fourth-order valence-corrected chi connectivity index (χ4v) is 2.37. The van der Waals surface area contributed by atoms with E-state index in [0.29, 0.717) is 22.5 Å². The lowest BCUT2D eigenvalue weighted by Crippen LogP contribution is -2.17. The van der Waals surface area contributed by atoms with Crippen molar-refractivity contribution in [1.29, 1.82) is 0 Å². The molecule has 3 heterocycles. The van der Waals surface area contributed by atoms with Gasteiger partial charge in [-0.3, -0.25) is 4.79 Å². The van der Waals surface area contributed by atoms with E-state index in [1.807, 2.05) is 0 Å². The zero-order valence-corrected chi connectivity index (χ0v) is 10.9. The summed E-state index contributed by atoms with van der Waals surface area (Å²) >= 11 is 0. The fraction of sp³-hybridized carbons (Fsp3) is 0.214. The normalized spacial score (nSPS) is 17.0. The molecule has 20 heavy (non-hydrogen) atoms. The van der Waals surface area contributed by atoms with Crippen molar-refractivity contribution in [2.24, 2.45) is 0 Å². The molecule has 2 aromatic rings. The molecule has 0 saturated heterocycles. The van der Waals surface area contributed by atoms with Crippen molar-refractivity contribution in [1.82, 2.24) is 9.97 Å². The van der Waals surface area contributed by atoms with Crippen LogP contribution in [-0.2, 0) is 4.79 Å². The standard InChI is InChI=1S/C14H11F2N3O/c1-6-3-10-12(13(16)18-6)8-4-11(15)17-5-9(8)7(2)14(20)19-10/h3-5,7H,1-2H3,(H,19,20). The largest absolute Gasteiger partial charge is 0.325 e. The number of rotatable bonds is 0. The molecule has 1 N–H and O–H groups in total. The summed E-state index contributed by atoms with van der Waals surface area (Å²) in [4.78, 5) is 19.4. The maximum atomic E-state index is 14.2. The van der Waals surface area contributed by atoms with Gasteiger partial charge in [0, 0.05) is 18.0 Å². The number of hydrogen-bond acceptors (Lipinski definition) is 3. The van der Waals surface area contributed by atoms with Crippen LogP contribution in [0.15, 0.2) is 18.3 Å². The molecular formula is C14H11F2N3O. The van der Waals surface area contributed by atoms with E-state index >= 15 is 0 Å². The number of pyridine rings is 2. The number of nitrogens with one attached hydrogen (secondary N) is 1. The van der Waals surface area contributed by atoms with Crippen molar-refractivity contribution < 1.29 is 13.6 Å². The summed E-state index contributed by atoms with van der Waals surface area (Å²) in [5.41, 5.74) is 1.63. The van der Waals surface area contributed by atoms with Crippen LogP contribution in [0.4, 0.5) is 14.5 Å². The predicted molar refractivity (Wildman–Crippen MR) is 69.2 cm³/mol. The summed E-state index contributed by atoms with van der Waals surface area (Å²) in [5, 5.41) is 2.65. The van der Waals surface area contributed by atoms with E-state index in [0.717, 1.165) is 6.07 Å². The van der Waals surface area contributed by atoms with Gasteiger partial charge in [-0.15, -0.1) is 0 Å². The third kappa shape index (κ3) is 1.84. The Morgan fingerprint density at radius 2 is 2.05 bits per heavy atom. The summed E-state index contributed by atoms with van der Waals surface area (Å²) in [5.74, 6) is -2.30. The summed E-state index contributed by atoms with van der Waals surface area (Å²) in [6, 6.07) is 2.70. The molecule has 3 rings (SSSR count). The Hall–Kier alpha value is -2.37. The van der Waals surface area contributed by atoms with Gasteiger partial charge in [-0.05, 0) is 31.0 Å². The Morgan fingerprint density at radius 3 is 2.80 bits per heavy atom. The summed E-state index contributed by atoms with van der Waals surface area (Å²) < 4.78 is 27.6. The van der Waals surface area contributed by atoms with Gasteiger partial charge in [-0.1, -0.05) is 0 Å². The maximum Gasteiger partial charge on any atom is 0.231 e. The topological polar surface area (TPSA) is 54.9 Å². The second-order valence-electron chi connectivity index (χ2n) is 4.78. The van der Waals surface area contributed by atoms with Crippen molar-refractivity contribution in [2.45, 2.75) is 19.8 Å². The molecule has 1 aliphatic rings. The predicted octanol–water partition coefficient (Wildman–Crippen LogP) is 2.79.